The molecule has 1 aliphatic heterocycles. The zero-order valence-corrected chi connectivity index (χ0v) is 11.5. The summed E-state index contributed by atoms with van der Waals surface area (Å²) >= 11 is 0. The van der Waals surface area contributed by atoms with Gasteiger partial charge in [0.25, 0.3) is 0 Å². The first kappa shape index (κ1) is 14.1. The van der Waals surface area contributed by atoms with Crippen LogP contribution in [0.5, 0.6) is 0 Å². The molecule has 19 heavy (non-hydrogen) atoms. The van der Waals surface area contributed by atoms with E-state index in [2.05, 4.69) is 0 Å². The van der Waals surface area contributed by atoms with Crippen LogP contribution in [-0.4, -0.2) is 49.7 Å². The maximum absolute atomic E-state index is 12.8. The lowest BCUT2D eigenvalue weighted by molar-refractivity contribution is 0.0848. The molecule has 6 heteroatoms. The van der Waals surface area contributed by atoms with E-state index in [1.807, 2.05) is 4.90 Å². The van der Waals surface area contributed by atoms with Crippen molar-refractivity contribution in [2.45, 2.75) is 13.0 Å². The molecule has 0 saturated carbocycles. The van der Waals surface area contributed by atoms with E-state index in [0.29, 0.717) is 18.7 Å². The van der Waals surface area contributed by atoms with Crippen LogP contribution in [0.15, 0.2) is 24.3 Å². The molecule has 1 aromatic rings. The lowest BCUT2D eigenvalue weighted by atomic mass is 10.0. The topological polar surface area (TPSA) is 54.5 Å². The molecule has 0 amide bonds. The van der Waals surface area contributed by atoms with Crippen molar-refractivity contribution >= 4 is 15.6 Å². The van der Waals surface area contributed by atoms with Crippen molar-refractivity contribution in [1.29, 1.82) is 0 Å². The Morgan fingerprint density at radius 2 is 1.74 bits per heavy atom. The molecule has 1 aliphatic rings. The van der Waals surface area contributed by atoms with Crippen molar-refractivity contribution in [1.82, 2.24) is 4.90 Å². The van der Waals surface area contributed by atoms with Gasteiger partial charge in [-0.2, -0.15) is 0 Å². The largest absolute Gasteiger partial charge is 0.292 e. The van der Waals surface area contributed by atoms with Gasteiger partial charge in [-0.25, -0.2) is 12.8 Å². The second kappa shape index (κ2) is 5.38. The summed E-state index contributed by atoms with van der Waals surface area (Å²) in [7, 11) is -2.95. The number of hydrogen-bond donors (Lipinski definition) is 0. The normalized spacial score (nSPS) is 20.9. The SMILES string of the molecule is CC(C(=O)c1ccc(F)cc1)N1CCS(=O)(=O)CC1. The van der Waals surface area contributed by atoms with Crippen LogP contribution in [-0.2, 0) is 9.84 Å². The Bertz CT molecular complexity index is 554. The Morgan fingerprint density at radius 1 is 1.21 bits per heavy atom. The van der Waals surface area contributed by atoms with Gasteiger partial charge in [-0.3, -0.25) is 9.69 Å². The van der Waals surface area contributed by atoms with Crippen molar-refractivity contribution in [2.24, 2.45) is 0 Å². The van der Waals surface area contributed by atoms with Crippen LogP contribution in [0.2, 0.25) is 0 Å². The molecule has 0 N–H and O–H groups in total. The van der Waals surface area contributed by atoms with E-state index in [0.717, 1.165) is 0 Å². The molecule has 104 valence electrons. The molecule has 0 aliphatic carbocycles. The minimum Gasteiger partial charge on any atom is -0.292 e. The summed E-state index contributed by atoms with van der Waals surface area (Å²) in [5, 5.41) is 0. The van der Waals surface area contributed by atoms with Crippen LogP contribution < -0.4 is 0 Å². The van der Waals surface area contributed by atoms with Gasteiger partial charge in [-0.15, -0.1) is 0 Å². The summed E-state index contributed by atoms with van der Waals surface area (Å²) in [5.74, 6) is -0.310. The van der Waals surface area contributed by atoms with E-state index in [9.17, 15) is 17.6 Å². The Morgan fingerprint density at radius 3 is 2.26 bits per heavy atom. The lowest BCUT2D eigenvalue weighted by Crippen LogP contribution is -2.47. The first-order valence-corrected chi connectivity index (χ1v) is 7.95. The highest BCUT2D eigenvalue weighted by Crippen LogP contribution is 2.13. The zero-order valence-electron chi connectivity index (χ0n) is 10.7. The number of halogens is 1. The predicted molar refractivity (Wildman–Crippen MR) is 70.4 cm³/mol. The second-order valence-corrected chi connectivity index (χ2v) is 7.04. The van der Waals surface area contributed by atoms with Crippen molar-refractivity contribution in [3.05, 3.63) is 35.6 Å². The second-order valence-electron chi connectivity index (χ2n) is 4.73. The van der Waals surface area contributed by atoms with Gasteiger partial charge < -0.3 is 0 Å². The molecular weight excluding hydrogens is 269 g/mol. The first-order valence-electron chi connectivity index (χ1n) is 6.13. The molecule has 0 spiro atoms. The highest BCUT2D eigenvalue weighted by Gasteiger charge is 2.28. The number of hydrogen-bond acceptors (Lipinski definition) is 4. The number of benzene rings is 1. The lowest BCUT2D eigenvalue weighted by Gasteiger charge is -2.31. The van der Waals surface area contributed by atoms with Crippen LogP contribution in [0.3, 0.4) is 0 Å². The minimum atomic E-state index is -2.95. The summed E-state index contributed by atoms with van der Waals surface area (Å²) in [6, 6.07) is 5.02. The van der Waals surface area contributed by atoms with E-state index in [1.54, 1.807) is 6.92 Å². The quantitative estimate of drug-likeness (QED) is 0.781. The van der Waals surface area contributed by atoms with Gasteiger partial charge in [-0.1, -0.05) is 0 Å². The Balaban J connectivity index is 2.06. The highest BCUT2D eigenvalue weighted by atomic mass is 32.2. The van der Waals surface area contributed by atoms with Crippen LogP contribution >= 0.6 is 0 Å². The van der Waals surface area contributed by atoms with Gasteiger partial charge >= 0.3 is 0 Å². The summed E-state index contributed by atoms with van der Waals surface area (Å²) in [4.78, 5) is 14.1. The summed E-state index contributed by atoms with van der Waals surface area (Å²) in [5.41, 5.74) is 0.447. The Hall–Kier alpha value is -1.27. The number of nitrogens with zero attached hydrogens (tertiary/aromatic N) is 1. The molecular formula is C13H16FNO3S. The Kier molecular flexibility index (Phi) is 4.01. The van der Waals surface area contributed by atoms with Gasteiger partial charge in [0.1, 0.15) is 5.82 Å². The van der Waals surface area contributed by atoms with E-state index in [-0.39, 0.29) is 29.1 Å². The molecule has 1 heterocycles. The molecule has 0 aromatic heterocycles. The Labute approximate surface area is 112 Å². The third-order valence-electron chi connectivity index (χ3n) is 3.43. The minimum absolute atomic E-state index is 0.0913. The van der Waals surface area contributed by atoms with Gasteiger partial charge in [0, 0.05) is 18.7 Å². The van der Waals surface area contributed by atoms with Gasteiger partial charge in [0.05, 0.1) is 17.5 Å². The van der Waals surface area contributed by atoms with Crippen LogP contribution in [0.4, 0.5) is 4.39 Å². The van der Waals surface area contributed by atoms with Crippen molar-refractivity contribution in [3.63, 3.8) is 0 Å². The third-order valence-corrected chi connectivity index (χ3v) is 5.04. The number of carbonyl (C=O) groups excluding carboxylic acids is 1. The molecule has 1 unspecified atom stereocenters. The van der Waals surface area contributed by atoms with Crippen molar-refractivity contribution < 1.29 is 17.6 Å². The summed E-state index contributed by atoms with van der Waals surface area (Å²) in [6.45, 7) is 2.50. The van der Waals surface area contributed by atoms with Gasteiger partial charge in [0.15, 0.2) is 15.6 Å². The van der Waals surface area contributed by atoms with Crippen LogP contribution in [0.1, 0.15) is 17.3 Å². The number of sulfone groups is 1. The maximum Gasteiger partial charge on any atom is 0.179 e. The van der Waals surface area contributed by atoms with Gasteiger partial charge in [0.2, 0.25) is 0 Å². The molecule has 4 nitrogen and oxygen atoms in total. The predicted octanol–water partition coefficient (Wildman–Crippen LogP) is 1.13. The first-order chi connectivity index (χ1) is 8.89. The average Bonchev–Trinajstić information content (AvgIpc) is 2.38. The molecule has 1 aromatic carbocycles. The van der Waals surface area contributed by atoms with Crippen molar-refractivity contribution in [2.75, 3.05) is 24.6 Å². The smallest absolute Gasteiger partial charge is 0.179 e. The highest BCUT2D eigenvalue weighted by molar-refractivity contribution is 7.91. The summed E-state index contributed by atoms with van der Waals surface area (Å²) in [6.07, 6.45) is 0. The number of rotatable bonds is 3. The van der Waals surface area contributed by atoms with E-state index < -0.39 is 9.84 Å². The van der Waals surface area contributed by atoms with Crippen molar-refractivity contribution in [3.8, 4) is 0 Å². The standard InChI is InChI=1S/C13H16FNO3S/c1-10(15-6-8-19(17,18)9-7-15)13(16)11-2-4-12(14)5-3-11/h2-5,10H,6-9H2,1H3. The fourth-order valence-electron chi connectivity index (χ4n) is 2.14. The van der Waals surface area contributed by atoms with Gasteiger partial charge in [-0.05, 0) is 31.2 Å². The fraction of sp³-hybridized carbons (Fsp3) is 0.462. The van der Waals surface area contributed by atoms with E-state index in [1.165, 1.54) is 24.3 Å². The van der Waals surface area contributed by atoms with E-state index >= 15 is 0 Å². The molecule has 1 atom stereocenters. The third kappa shape index (κ3) is 3.39. The maximum atomic E-state index is 12.8. The average molecular weight is 285 g/mol. The van der Waals surface area contributed by atoms with E-state index in [4.69, 9.17) is 0 Å². The monoisotopic (exact) mass is 285 g/mol. The summed E-state index contributed by atoms with van der Waals surface area (Å²) < 4.78 is 35.5. The fourth-order valence-corrected chi connectivity index (χ4v) is 3.36. The molecule has 2 rings (SSSR count). The molecule has 1 fully saturated rings. The molecule has 0 bridgehead atoms. The number of ketones is 1. The number of carbonyl (C=O) groups is 1. The zero-order chi connectivity index (χ0) is 14.0. The van der Waals surface area contributed by atoms with Crippen LogP contribution in [0.25, 0.3) is 0 Å². The number of Topliss-reactive ketones (excluding diaryl/α,β-unsaturated/α-hetero) is 1. The molecule has 1 saturated heterocycles. The van der Waals surface area contributed by atoms with Crippen LogP contribution in [0, 0.1) is 5.82 Å². The molecule has 0 radical (unpaired) electrons.